The summed E-state index contributed by atoms with van der Waals surface area (Å²) in [5.41, 5.74) is 0. The van der Waals surface area contributed by atoms with E-state index in [9.17, 15) is 0 Å². The Hall–Kier alpha value is 0.423. The van der Waals surface area contributed by atoms with E-state index in [4.69, 9.17) is 0 Å². The van der Waals surface area contributed by atoms with Crippen molar-refractivity contribution >= 4 is 0 Å². The fourth-order valence-corrected chi connectivity index (χ4v) is 17.9. The topological polar surface area (TPSA) is 0 Å². The summed E-state index contributed by atoms with van der Waals surface area (Å²) < 4.78 is 6.38. The zero-order chi connectivity index (χ0) is 9.60. The third-order valence-corrected chi connectivity index (χ3v) is 17.9. The Labute approximate surface area is 115 Å². The Morgan fingerprint density at radius 1 is 1.00 bits per heavy atom. The first-order valence-corrected chi connectivity index (χ1v) is 11.2. The smallest absolute Gasteiger partial charge is 1.00 e. The second kappa shape index (κ2) is 5.38. The van der Waals surface area contributed by atoms with Crippen LogP contribution in [-0.4, -0.2) is 0 Å². The quantitative estimate of drug-likeness (QED) is 0.552. The van der Waals surface area contributed by atoms with Gasteiger partial charge in [0.2, 0.25) is 0 Å². The van der Waals surface area contributed by atoms with Crippen molar-refractivity contribution in [3.8, 4) is 0 Å². The van der Waals surface area contributed by atoms with Crippen LogP contribution in [0.3, 0.4) is 0 Å². The van der Waals surface area contributed by atoms with Crippen molar-refractivity contribution in [3.05, 3.63) is 43.0 Å². The second-order valence-electron chi connectivity index (χ2n) is 4.72. The van der Waals surface area contributed by atoms with Crippen molar-refractivity contribution in [2.24, 2.45) is 0 Å². The third-order valence-electron chi connectivity index (χ3n) is 4.00. The summed E-state index contributed by atoms with van der Waals surface area (Å²) in [7, 11) is 0. The summed E-state index contributed by atoms with van der Waals surface area (Å²) in [5, 5.41) is 0. The Morgan fingerprint density at radius 2 is 1.44 bits per heavy atom. The number of hydrogen-bond donors (Lipinski definition) is 0. The number of allylic oxidation sites excluding steroid dienone is 8. The monoisotopic (exact) mass is 332 g/mol. The standard InChI is InChI=1S/2C5H5.C3H6.2ClH.Zr/c2*1-2-4-5-3-1;1-3-2;;;/h2*1-3H,4H2;3H,1H2,2H3;2*1H;/q;;;;;+2/p-2. The van der Waals surface area contributed by atoms with E-state index in [1.807, 2.05) is 6.56 Å². The molecule has 0 saturated carbocycles. The molecule has 0 spiro atoms. The van der Waals surface area contributed by atoms with Gasteiger partial charge in [0.05, 0.1) is 0 Å². The molecule has 3 heteroatoms. The molecule has 1 unspecified atom stereocenters. The summed E-state index contributed by atoms with van der Waals surface area (Å²) in [4.78, 5) is 0. The average molecular weight is 334 g/mol. The molecule has 0 nitrogen and oxygen atoms in total. The Morgan fingerprint density at radius 3 is 1.69 bits per heavy atom. The van der Waals surface area contributed by atoms with Crippen LogP contribution in [0.2, 0.25) is 7.75 Å². The number of hydrogen-bond acceptors (Lipinski definition) is 0. The molecule has 0 amide bonds. The van der Waals surface area contributed by atoms with E-state index in [-0.39, 0.29) is 24.8 Å². The van der Waals surface area contributed by atoms with Gasteiger partial charge < -0.3 is 24.8 Å². The van der Waals surface area contributed by atoms with Crippen LogP contribution in [-0.2, 0) is 20.3 Å². The van der Waals surface area contributed by atoms with Crippen LogP contribution in [0.25, 0.3) is 0 Å². The maximum Gasteiger partial charge on any atom is -1.00 e. The first-order chi connectivity index (χ1) is 6.84. The van der Waals surface area contributed by atoms with E-state index >= 15 is 0 Å². The van der Waals surface area contributed by atoms with E-state index in [0.29, 0.717) is 0 Å². The largest absolute Gasteiger partial charge is 1.00 e. The first kappa shape index (κ1) is 14.5. The van der Waals surface area contributed by atoms with Gasteiger partial charge in [0, 0.05) is 0 Å². The van der Waals surface area contributed by atoms with Crippen LogP contribution >= 0.6 is 0 Å². The van der Waals surface area contributed by atoms with Crippen LogP contribution in [0.4, 0.5) is 0 Å². The van der Waals surface area contributed by atoms with Crippen molar-refractivity contribution in [1.29, 1.82) is 0 Å². The summed E-state index contributed by atoms with van der Waals surface area (Å²) in [6.07, 6.45) is 16.6. The molecule has 0 aromatic carbocycles. The fraction of sp³-hybridized carbons (Fsp3) is 0.385. The molecule has 0 aromatic heterocycles. The van der Waals surface area contributed by atoms with Gasteiger partial charge in [-0.3, -0.25) is 0 Å². The van der Waals surface area contributed by atoms with Gasteiger partial charge in [0.15, 0.2) is 0 Å². The average Bonchev–Trinajstić information content (AvgIpc) is 2.78. The molecular weight excluding hydrogens is 318 g/mol. The molecule has 86 valence electrons. The van der Waals surface area contributed by atoms with Crippen LogP contribution in [0.1, 0.15) is 19.8 Å². The molecule has 1 fully saturated rings. The molecule has 1 heterocycles. The SMILES string of the molecule is C[CH]1[CH2][Zr+2]1([C]1=CC=CC1)[C]1=CC=CC1.[Cl-].[Cl-]. The van der Waals surface area contributed by atoms with Gasteiger partial charge in [0.25, 0.3) is 0 Å². The molecular formula is C13H16Cl2Zr. The van der Waals surface area contributed by atoms with Gasteiger partial charge in [0.1, 0.15) is 0 Å². The molecule has 3 aliphatic rings. The van der Waals surface area contributed by atoms with E-state index in [1.165, 1.54) is 12.8 Å². The molecule has 1 aliphatic heterocycles. The molecule has 0 bridgehead atoms. The Balaban J connectivity index is 0.000000640. The zero-order valence-electron chi connectivity index (χ0n) is 9.42. The normalized spacial score (nSPS) is 25.9. The van der Waals surface area contributed by atoms with Gasteiger partial charge >= 0.3 is 90.8 Å². The van der Waals surface area contributed by atoms with Gasteiger partial charge in [-0.25, -0.2) is 0 Å². The van der Waals surface area contributed by atoms with Crippen molar-refractivity contribution in [3.63, 3.8) is 0 Å². The van der Waals surface area contributed by atoms with E-state index < -0.39 is 20.3 Å². The molecule has 3 rings (SSSR count). The van der Waals surface area contributed by atoms with Crippen LogP contribution < -0.4 is 24.8 Å². The third kappa shape index (κ3) is 2.07. The van der Waals surface area contributed by atoms with E-state index in [0.717, 1.165) is 3.63 Å². The molecule has 0 radical (unpaired) electrons. The van der Waals surface area contributed by atoms with Gasteiger partial charge in [-0.1, -0.05) is 0 Å². The van der Waals surface area contributed by atoms with Gasteiger partial charge in [-0.05, 0) is 0 Å². The Bertz CT molecular complexity index is 361. The molecule has 1 atom stereocenters. The van der Waals surface area contributed by atoms with Crippen LogP contribution in [0.15, 0.2) is 43.0 Å². The fourth-order valence-electron chi connectivity index (χ4n) is 3.08. The maximum absolute atomic E-state index is 2.48. The predicted octanol–water partition coefficient (Wildman–Crippen LogP) is -1.92. The maximum atomic E-state index is 2.48. The van der Waals surface area contributed by atoms with Crippen molar-refractivity contribution in [2.45, 2.75) is 27.5 Å². The minimum Gasteiger partial charge on any atom is -1.00 e. The molecule has 1 saturated heterocycles. The van der Waals surface area contributed by atoms with Crippen molar-refractivity contribution in [1.82, 2.24) is 0 Å². The minimum absolute atomic E-state index is 0. The summed E-state index contributed by atoms with van der Waals surface area (Å²) in [6.45, 7) is 2.48. The van der Waals surface area contributed by atoms with Gasteiger partial charge in [-0.15, -0.1) is 0 Å². The van der Waals surface area contributed by atoms with Gasteiger partial charge in [-0.2, -0.15) is 0 Å². The van der Waals surface area contributed by atoms with Crippen LogP contribution in [0.5, 0.6) is 0 Å². The van der Waals surface area contributed by atoms with E-state index in [2.05, 4.69) is 43.4 Å². The summed E-state index contributed by atoms with van der Waals surface area (Å²) in [5.74, 6) is 0. The van der Waals surface area contributed by atoms with Crippen molar-refractivity contribution < 1.29 is 45.1 Å². The Kier molecular flexibility index (Phi) is 4.87. The summed E-state index contributed by atoms with van der Waals surface area (Å²) >= 11 is -1.89. The predicted molar refractivity (Wildman–Crippen MR) is 57.9 cm³/mol. The van der Waals surface area contributed by atoms with Crippen LogP contribution in [0, 0.1) is 0 Å². The minimum atomic E-state index is -1.89. The number of halogens is 2. The molecule has 0 aromatic rings. The molecule has 0 N–H and O–H groups in total. The number of rotatable bonds is 2. The first-order valence-electron chi connectivity index (χ1n) is 5.56. The molecule has 2 aliphatic carbocycles. The zero-order valence-corrected chi connectivity index (χ0v) is 13.4. The second-order valence-corrected chi connectivity index (χ2v) is 16.1. The molecule has 16 heavy (non-hydrogen) atoms. The van der Waals surface area contributed by atoms with Crippen molar-refractivity contribution in [2.75, 3.05) is 0 Å². The van der Waals surface area contributed by atoms with E-state index in [1.54, 1.807) is 4.13 Å². The summed E-state index contributed by atoms with van der Waals surface area (Å²) in [6, 6.07) is 0.